The summed E-state index contributed by atoms with van der Waals surface area (Å²) in [6.07, 6.45) is 0. The van der Waals surface area contributed by atoms with Gasteiger partial charge in [-0.2, -0.15) is 0 Å². The average molecular weight is 204 g/mol. The maximum absolute atomic E-state index is 13.4. The van der Waals surface area contributed by atoms with E-state index in [1.807, 2.05) is 0 Å². The molecular weight excluding hydrogens is 194 g/mol. The van der Waals surface area contributed by atoms with Crippen LogP contribution in [-0.4, -0.2) is 0 Å². The molecular formula is C13H10F2. The van der Waals surface area contributed by atoms with Crippen molar-refractivity contribution >= 4 is 0 Å². The Morgan fingerprint density at radius 1 is 0.867 bits per heavy atom. The number of benzene rings is 2. The fourth-order valence-electron chi connectivity index (χ4n) is 1.51. The van der Waals surface area contributed by atoms with Crippen LogP contribution in [0.15, 0.2) is 42.5 Å². The first kappa shape index (κ1) is 9.84. The molecule has 0 unspecified atom stereocenters. The molecule has 15 heavy (non-hydrogen) atoms. The first-order valence-corrected chi connectivity index (χ1v) is 4.69. The van der Waals surface area contributed by atoms with Crippen LogP contribution in [0.3, 0.4) is 0 Å². The molecule has 0 bridgehead atoms. The average Bonchev–Trinajstić information content (AvgIpc) is 2.23. The minimum absolute atomic E-state index is 0.268. The Kier molecular flexibility index (Phi) is 2.50. The zero-order chi connectivity index (χ0) is 10.8. The Morgan fingerprint density at radius 2 is 1.60 bits per heavy atom. The van der Waals surface area contributed by atoms with Crippen LogP contribution in [0.4, 0.5) is 8.78 Å². The van der Waals surface area contributed by atoms with Gasteiger partial charge in [-0.15, -0.1) is 0 Å². The molecule has 0 fully saturated rings. The molecule has 76 valence electrons. The molecule has 2 heteroatoms. The molecule has 2 rings (SSSR count). The quantitative estimate of drug-likeness (QED) is 0.660. The van der Waals surface area contributed by atoms with Gasteiger partial charge in [0.15, 0.2) is 0 Å². The molecule has 0 aliphatic rings. The summed E-state index contributed by atoms with van der Waals surface area (Å²) < 4.78 is 26.4. The molecule has 0 aromatic heterocycles. The van der Waals surface area contributed by atoms with Crippen LogP contribution in [-0.2, 0) is 0 Å². The van der Waals surface area contributed by atoms with Gasteiger partial charge in [-0.25, -0.2) is 8.78 Å². The van der Waals surface area contributed by atoms with Gasteiger partial charge >= 0.3 is 0 Å². The van der Waals surface area contributed by atoms with Crippen molar-refractivity contribution in [2.24, 2.45) is 0 Å². The Bertz CT molecular complexity index is 490. The topological polar surface area (TPSA) is 0 Å². The number of hydrogen-bond donors (Lipinski definition) is 0. The van der Waals surface area contributed by atoms with E-state index in [2.05, 4.69) is 0 Å². The SMILES string of the molecule is Cc1cc(-c2ccccc2F)ccc1F. The first-order chi connectivity index (χ1) is 7.18. The summed E-state index contributed by atoms with van der Waals surface area (Å²) in [5.41, 5.74) is 1.73. The van der Waals surface area contributed by atoms with E-state index in [4.69, 9.17) is 0 Å². The summed E-state index contributed by atoms with van der Waals surface area (Å²) in [6, 6.07) is 11.1. The summed E-state index contributed by atoms with van der Waals surface area (Å²) in [4.78, 5) is 0. The molecule has 0 aliphatic heterocycles. The third-order valence-electron chi connectivity index (χ3n) is 2.34. The van der Waals surface area contributed by atoms with Crippen molar-refractivity contribution in [1.82, 2.24) is 0 Å². The normalized spacial score (nSPS) is 10.3. The van der Waals surface area contributed by atoms with E-state index in [-0.39, 0.29) is 11.6 Å². The van der Waals surface area contributed by atoms with Crippen molar-refractivity contribution in [1.29, 1.82) is 0 Å². The lowest BCUT2D eigenvalue weighted by atomic mass is 10.0. The molecule has 0 atom stereocenters. The second kappa shape index (κ2) is 3.81. The zero-order valence-corrected chi connectivity index (χ0v) is 8.30. The Morgan fingerprint density at radius 3 is 2.27 bits per heavy atom. The number of halogens is 2. The summed E-state index contributed by atoms with van der Waals surface area (Å²) in [7, 11) is 0. The molecule has 2 aromatic rings. The molecule has 0 heterocycles. The lowest BCUT2D eigenvalue weighted by molar-refractivity contribution is 0.617. The van der Waals surface area contributed by atoms with Crippen LogP contribution in [0.5, 0.6) is 0 Å². The van der Waals surface area contributed by atoms with E-state index in [0.29, 0.717) is 16.7 Å². The highest BCUT2D eigenvalue weighted by molar-refractivity contribution is 5.64. The lowest BCUT2D eigenvalue weighted by Crippen LogP contribution is -1.87. The smallest absolute Gasteiger partial charge is 0.131 e. The standard InChI is InChI=1S/C13H10F2/c1-9-8-10(6-7-12(9)14)11-4-2-3-5-13(11)15/h2-8H,1H3. The number of rotatable bonds is 1. The molecule has 0 amide bonds. The van der Waals surface area contributed by atoms with Crippen LogP contribution in [0.2, 0.25) is 0 Å². The number of aryl methyl sites for hydroxylation is 1. The molecule has 0 radical (unpaired) electrons. The first-order valence-electron chi connectivity index (χ1n) is 4.69. The molecule has 0 saturated carbocycles. The van der Waals surface area contributed by atoms with Gasteiger partial charge in [0.25, 0.3) is 0 Å². The largest absolute Gasteiger partial charge is 0.207 e. The zero-order valence-electron chi connectivity index (χ0n) is 8.30. The van der Waals surface area contributed by atoms with Crippen LogP contribution in [0.1, 0.15) is 5.56 Å². The van der Waals surface area contributed by atoms with E-state index in [9.17, 15) is 8.78 Å². The predicted octanol–water partition coefficient (Wildman–Crippen LogP) is 3.94. The highest BCUT2D eigenvalue weighted by Gasteiger charge is 2.05. The fourth-order valence-corrected chi connectivity index (χ4v) is 1.51. The van der Waals surface area contributed by atoms with E-state index < -0.39 is 0 Å². The molecule has 0 saturated heterocycles. The number of hydrogen-bond acceptors (Lipinski definition) is 0. The maximum atomic E-state index is 13.4. The van der Waals surface area contributed by atoms with Crippen LogP contribution < -0.4 is 0 Å². The second-order valence-electron chi connectivity index (χ2n) is 3.44. The van der Waals surface area contributed by atoms with Crippen molar-refractivity contribution in [3.05, 3.63) is 59.7 Å². The van der Waals surface area contributed by atoms with Gasteiger partial charge in [0.2, 0.25) is 0 Å². The minimum atomic E-state index is -0.288. The van der Waals surface area contributed by atoms with Gasteiger partial charge in [-0.3, -0.25) is 0 Å². The fraction of sp³-hybridized carbons (Fsp3) is 0.0769. The summed E-state index contributed by atoms with van der Waals surface area (Å²) in [5, 5.41) is 0. The van der Waals surface area contributed by atoms with Crippen molar-refractivity contribution in [3.8, 4) is 11.1 Å². The van der Waals surface area contributed by atoms with Crippen LogP contribution in [0.25, 0.3) is 11.1 Å². The molecule has 0 aliphatic carbocycles. The summed E-state index contributed by atoms with van der Waals surface area (Å²) >= 11 is 0. The van der Waals surface area contributed by atoms with E-state index in [1.54, 1.807) is 37.3 Å². The molecule has 0 N–H and O–H groups in total. The third kappa shape index (κ3) is 1.89. The monoisotopic (exact) mass is 204 g/mol. The molecule has 0 nitrogen and oxygen atoms in total. The Balaban J connectivity index is 2.55. The van der Waals surface area contributed by atoms with Crippen molar-refractivity contribution in [2.45, 2.75) is 6.92 Å². The van der Waals surface area contributed by atoms with E-state index >= 15 is 0 Å². The van der Waals surface area contributed by atoms with Gasteiger partial charge in [0.1, 0.15) is 11.6 Å². The maximum Gasteiger partial charge on any atom is 0.131 e. The van der Waals surface area contributed by atoms with Crippen molar-refractivity contribution < 1.29 is 8.78 Å². The minimum Gasteiger partial charge on any atom is -0.207 e. The third-order valence-corrected chi connectivity index (χ3v) is 2.34. The van der Waals surface area contributed by atoms with E-state index in [0.717, 1.165) is 0 Å². The van der Waals surface area contributed by atoms with Gasteiger partial charge in [0.05, 0.1) is 0 Å². The predicted molar refractivity (Wildman–Crippen MR) is 56.5 cm³/mol. The van der Waals surface area contributed by atoms with Crippen LogP contribution >= 0.6 is 0 Å². The van der Waals surface area contributed by atoms with Gasteiger partial charge < -0.3 is 0 Å². The summed E-state index contributed by atoms with van der Waals surface area (Å²) in [5.74, 6) is -0.557. The highest BCUT2D eigenvalue weighted by atomic mass is 19.1. The Hall–Kier alpha value is -1.70. The summed E-state index contributed by atoms with van der Waals surface area (Å²) in [6.45, 7) is 1.67. The highest BCUT2D eigenvalue weighted by Crippen LogP contribution is 2.24. The Labute approximate surface area is 87.2 Å². The second-order valence-corrected chi connectivity index (χ2v) is 3.44. The van der Waals surface area contributed by atoms with Crippen molar-refractivity contribution in [3.63, 3.8) is 0 Å². The van der Waals surface area contributed by atoms with Crippen molar-refractivity contribution in [2.75, 3.05) is 0 Å². The lowest BCUT2D eigenvalue weighted by Gasteiger charge is -2.04. The van der Waals surface area contributed by atoms with E-state index in [1.165, 1.54) is 12.1 Å². The van der Waals surface area contributed by atoms with Gasteiger partial charge in [-0.05, 0) is 36.2 Å². The van der Waals surface area contributed by atoms with Gasteiger partial charge in [-0.1, -0.05) is 24.3 Å². The molecule has 0 spiro atoms. The molecule has 2 aromatic carbocycles. The van der Waals surface area contributed by atoms with Crippen LogP contribution in [0, 0.1) is 18.6 Å². The van der Waals surface area contributed by atoms with Gasteiger partial charge in [0, 0.05) is 5.56 Å².